The Hall–Kier alpha value is -5.49. The zero-order valence-electron chi connectivity index (χ0n) is 52.4. The highest BCUT2D eigenvalue weighted by atomic mass is 16.6. The van der Waals surface area contributed by atoms with Gasteiger partial charge in [-0.1, -0.05) is 267 Å². The summed E-state index contributed by atoms with van der Waals surface area (Å²) in [7, 11) is 0. The number of hydrogen-bond acceptors (Lipinski definition) is 6. The van der Waals surface area contributed by atoms with Crippen LogP contribution in [0.1, 0.15) is 258 Å². The van der Waals surface area contributed by atoms with Crippen molar-refractivity contribution in [3.63, 3.8) is 0 Å². The standard InChI is InChI=1S/C76H118O6/c1-4-7-10-13-16-19-22-25-28-30-32-34-35-36-37-38-39-40-41-43-44-46-48-51-54-57-60-63-66-69-75(78)81-72-73(71-80-74(77)68-65-62-59-56-53-50-27-24-21-18-15-12-9-6-3)82-76(79)70-67-64-61-58-55-52-49-47-45-42-33-31-29-26-23-20-17-14-11-8-5-2/h7-8,10-11,16-17,19-20,24-29,32-34,36-37,39-40,42-44,47-49,51,57,60,73H,4-6,9,12-15,18,21-23,30-31,35,38,41,45-46,50,52-56,58-59,61-72H2,1-3H3/b10-7-,11-8-,19-16-,20-17-,27-24-,28-25-,29-26-,34-32-,37-36-,40-39-,42-33-,44-43-,49-47-,51-48-,60-57-. The molecule has 0 aliphatic rings. The number of carbonyl (C=O) groups excluding carboxylic acids is 3. The molecule has 0 amide bonds. The van der Waals surface area contributed by atoms with E-state index in [0.717, 1.165) is 167 Å². The van der Waals surface area contributed by atoms with Crippen molar-refractivity contribution in [1.82, 2.24) is 0 Å². The Morgan fingerprint density at radius 2 is 0.488 bits per heavy atom. The SMILES string of the molecule is CC/C=C\C/C=C\C/C=C\C/C=C\C/C=C\C/C=C\C/C=C\C/C=C\C/C=C\CCCC(=O)OCC(COC(=O)CCCCCCC/C=C\CCCCCCC)OC(=O)CCCCCCC/C=C\C/C=C\C/C=C\C/C=C\C/C=C\CC. The van der Waals surface area contributed by atoms with E-state index in [1.54, 1.807) is 0 Å². The first kappa shape index (κ1) is 76.5. The molecule has 0 rings (SSSR count). The van der Waals surface area contributed by atoms with E-state index in [2.05, 4.69) is 203 Å². The van der Waals surface area contributed by atoms with Gasteiger partial charge < -0.3 is 14.2 Å². The van der Waals surface area contributed by atoms with Crippen LogP contribution in [0.2, 0.25) is 0 Å². The lowest BCUT2D eigenvalue weighted by Gasteiger charge is -2.18. The summed E-state index contributed by atoms with van der Waals surface area (Å²) in [6.07, 6.45) is 102. The van der Waals surface area contributed by atoms with E-state index >= 15 is 0 Å². The van der Waals surface area contributed by atoms with Crippen LogP contribution in [0.15, 0.2) is 182 Å². The summed E-state index contributed by atoms with van der Waals surface area (Å²) in [5, 5.41) is 0. The van der Waals surface area contributed by atoms with Gasteiger partial charge in [0.05, 0.1) is 0 Å². The van der Waals surface area contributed by atoms with Crippen LogP contribution in [0.25, 0.3) is 0 Å². The summed E-state index contributed by atoms with van der Waals surface area (Å²) in [6.45, 7) is 6.32. The maximum atomic E-state index is 12.9. The average molecular weight is 1130 g/mol. The van der Waals surface area contributed by atoms with Crippen LogP contribution >= 0.6 is 0 Å². The molecule has 0 spiro atoms. The normalized spacial score (nSPS) is 13.4. The Kier molecular flexibility index (Phi) is 63.5. The van der Waals surface area contributed by atoms with Gasteiger partial charge >= 0.3 is 17.9 Å². The van der Waals surface area contributed by atoms with Crippen molar-refractivity contribution >= 4 is 17.9 Å². The van der Waals surface area contributed by atoms with Gasteiger partial charge in [-0.15, -0.1) is 0 Å². The summed E-state index contributed by atoms with van der Waals surface area (Å²) >= 11 is 0. The quantitative estimate of drug-likeness (QED) is 0.0261. The summed E-state index contributed by atoms with van der Waals surface area (Å²) < 4.78 is 16.9. The predicted molar refractivity (Wildman–Crippen MR) is 357 cm³/mol. The van der Waals surface area contributed by atoms with Crippen LogP contribution in [0.5, 0.6) is 0 Å². The van der Waals surface area contributed by atoms with Gasteiger partial charge in [-0.25, -0.2) is 0 Å². The molecule has 6 heteroatoms. The van der Waals surface area contributed by atoms with Gasteiger partial charge in [0.2, 0.25) is 0 Å². The third-order valence-corrected chi connectivity index (χ3v) is 13.1. The van der Waals surface area contributed by atoms with Crippen molar-refractivity contribution in [3.05, 3.63) is 182 Å². The number of rotatable bonds is 57. The lowest BCUT2D eigenvalue weighted by molar-refractivity contribution is -0.167. The molecule has 0 aromatic heterocycles. The van der Waals surface area contributed by atoms with Crippen molar-refractivity contribution in [2.45, 2.75) is 264 Å². The largest absolute Gasteiger partial charge is 0.462 e. The first-order valence-corrected chi connectivity index (χ1v) is 32.8. The van der Waals surface area contributed by atoms with E-state index in [1.807, 2.05) is 0 Å². The second-order valence-corrected chi connectivity index (χ2v) is 20.9. The fourth-order valence-corrected chi connectivity index (χ4v) is 8.29. The van der Waals surface area contributed by atoms with Crippen LogP contribution in [0, 0.1) is 0 Å². The molecule has 0 aromatic carbocycles. The van der Waals surface area contributed by atoms with Crippen molar-refractivity contribution in [1.29, 1.82) is 0 Å². The maximum absolute atomic E-state index is 12.9. The van der Waals surface area contributed by atoms with E-state index in [9.17, 15) is 14.4 Å². The zero-order valence-corrected chi connectivity index (χ0v) is 52.4. The molecule has 1 unspecified atom stereocenters. The smallest absolute Gasteiger partial charge is 0.306 e. The number of unbranched alkanes of at least 4 members (excludes halogenated alkanes) is 16. The number of ether oxygens (including phenoxy) is 3. The zero-order chi connectivity index (χ0) is 59.2. The van der Waals surface area contributed by atoms with Gasteiger partial charge in [-0.2, -0.15) is 0 Å². The molecule has 6 nitrogen and oxygen atoms in total. The van der Waals surface area contributed by atoms with Crippen molar-refractivity contribution in [2.75, 3.05) is 13.2 Å². The van der Waals surface area contributed by atoms with Gasteiger partial charge in [0, 0.05) is 19.3 Å². The van der Waals surface area contributed by atoms with E-state index in [0.29, 0.717) is 12.8 Å². The Labute approximate surface area is 504 Å². The molecule has 0 fully saturated rings. The lowest BCUT2D eigenvalue weighted by Crippen LogP contribution is -2.30. The maximum Gasteiger partial charge on any atom is 0.306 e. The monoisotopic (exact) mass is 1130 g/mol. The summed E-state index contributed by atoms with van der Waals surface area (Å²) in [4.78, 5) is 38.3. The van der Waals surface area contributed by atoms with Crippen LogP contribution in [0.4, 0.5) is 0 Å². The summed E-state index contributed by atoms with van der Waals surface area (Å²) in [5.41, 5.74) is 0. The molecule has 0 aliphatic carbocycles. The fourth-order valence-electron chi connectivity index (χ4n) is 8.29. The molecule has 0 saturated carbocycles. The molecule has 458 valence electrons. The van der Waals surface area contributed by atoms with Crippen molar-refractivity contribution < 1.29 is 28.6 Å². The highest BCUT2D eigenvalue weighted by Gasteiger charge is 2.19. The van der Waals surface area contributed by atoms with Crippen LogP contribution in [-0.2, 0) is 28.6 Å². The Morgan fingerprint density at radius 1 is 0.256 bits per heavy atom. The van der Waals surface area contributed by atoms with E-state index in [1.165, 1.54) is 44.9 Å². The number of hydrogen-bond donors (Lipinski definition) is 0. The molecule has 0 aliphatic heterocycles. The Bertz CT molecular complexity index is 1920. The second-order valence-electron chi connectivity index (χ2n) is 20.9. The van der Waals surface area contributed by atoms with Gasteiger partial charge in [0.25, 0.3) is 0 Å². The molecular weight excluding hydrogens is 1010 g/mol. The topological polar surface area (TPSA) is 78.9 Å². The second kappa shape index (κ2) is 68.0. The molecule has 1 atom stereocenters. The van der Waals surface area contributed by atoms with Crippen LogP contribution in [0.3, 0.4) is 0 Å². The highest BCUT2D eigenvalue weighted by Crippen LogP contribution is 2.13. The Balaban J connectivity index is 4.53. The molecule has 0 N–H and O–H groups in total. The molecular formula is C76H118O6. The third-order valence-electron chi connectivity index (χ3n) is 13.1. The molecule has 0 aromatic rings. The molecule has 0 heterocycles. The Morgan fingerprint density at radius 3 is 0.805 bits per heavy atom. The first-order chi connectivity index (χ1) is 40.5. The van der Waals surface area contributed by atoms with Crippen LogP contribution < -0.4 is 0 Å². The van der Waals surface area contributed by atoms with Crippen molar-refractivity contribution in [2.24, 2.45) is 0 Å². The molecule has 0 saturated heterocycles. The molecule has 0 bridgehead atoms. The predicted octanol–water partition coefficient (Wildman–Crippen LogP) is 22.8. The first-order valence-electron chi connectivity index (χ1n) is 32.8. The van der Waals surface area contributed by atoms with Crippen molar-refractivity contribution in [3.8, 4) is 0 Å². The van der Waals surface area contributed by atoms with E-state index in [-0.39, 0.29) is 44.0 Å². The summed E-state index contributed by atoms with van der Waals surface area (Å²) in [5.74, 6) is -1.01. The number of allylic oxidation sites excluding steroid dienone is 30. The van der Waals surface area contributed by atoms with Gasteiger partial charge in [-0.3, -0.25) is 14.4 Å². The minimum atomic E-state index is -0.827. The van der Waals surface area contributed by atoms with E-state index in [4.69, 9.17) is 14.2 Å². The van der Waals surface area contributed by atoms with Gasteiger partial charge in [0.15, 0.2) is 6.10 Å². The minimum absolute atomic E-state index is 0.117. The number of esters is 3. The lowest BCUT2D eigenvalue weighted by atomic mass is 10.1. The minimum Gasteiger partial charge on any atom is -0.462 e. The highest BCUT2D eigenvalue weighted by molar-refractivity contribution is 5.71. The molecule has 0 radical (unpaired) electrons. The fraction of sp³-hybridized carbons (Fsp3) is 0.566. The number of carbonyl (C=O) groups is 3. The van der Waals surface area contributed by atoms with Crippen LogP contribution in [-0.4, -0.2) is 37.2 Å². The van der Waals surface area contributed by atoms with Gasteiger partial charge in [0.1, 0.15) is 13.2 Å². The summed E-state index contributed by atoms with van der Waals surface area (Å²) in [6, 6.07) is 0. The third kappa shape index (κ3) is 65.3. The molecule has 82 heavy (non-hydrogen) atoms. The van der Waals surface area contributed by atoms with Gasteiger partial charge in [-0.05, 0) is 154 Å². The average Bonchev–Trinajstić information content (AvgIpc) is 3.47. The van der Waals surface area contributed by atoms with E-state index < -0.39 is 6.10 Å².